The highest BCUT2D eigenvalue weighted by molar-refractivity contribution is 6.40. The van der Waals surface area contributed by atoms with E-state index in [2.05, 4.69) is 10.1 Å². The van der Waals surface area contributed by atoms with Crippen molar-refractivity contribution in [2.45, 2.75) is 0 Å². The van der Waals surface area contributed by atoms with E-state index in [1.54, 1.807) is 12.1 Å². The van der Waals surface area contributed by atoms with Gasteiger partial charge in [-0.15, -0.1) is 0 Å². The molecule has 4 aromatic rings. The molecular formula is C18H12ClN3O3. The fraction of sp³-hybridized carbons (Fsp3) is 0.0556. The van der Waals surface area contributed by atoms with E-state index in [4.69, 9.17) is 16.3 Å². The Balaban J connectivity index is 2.14. The maximum atomic E-state index is 12.1. The van der Waals surface area contributed by atoms with Gasteiger partial charge in [-0.3, -0.25) is 0 Å². The standard InChI is InChI=1S/C18H12ClN3O3/c1-25-18(24)15-16(23)12-8-7-11(10-5-3-2-4-6-10)14(19)13(12)17-20-9-21-22(15)17/h2-9,23H,1H3. The molecule has 0 saturated heterocycles. The number of carbonyl (C=O) groups excluding carboxylic acids is 1. The van der Waals surface area contributed by atoms with Crippen molar-refractivity contribution in [3.05, 3.63) is 59.5 Å². The van der Waals surface area contributed by atoms with Gasteiger partial charge in [-0.25, -0.2) is 14.3 Å². The van der Waals surface area contributed by atoms with Crippen molar-refractivity contribution in [3.63, 3.8) is 0 Å². The summed E-state index contributed by atoms with van der Waals surface area (Å²) >= 11 is 6.64. The summed E-state index contributed by atoms with van der Waals surface area (Å²) in [5.41, 5.74) is 2.01. The van der Waals surface area contributed by atoms with E-state index >= 15 is 0 Å². The summed E-state index contributed by atoms with van der Waals surface area (Å²) in [5, 5.41) is 16.0. The lowest BCUT2D eigenvalue weighted by atomic mass is 10.0. The number of ether oxygens (including phenoxy) is 1. The zero-order valence-electron chi connectivity index (χ0n) is 13.1. The third kappa shape index (κ3) is 2.22. The number of rotatable bonds is 2. The minimum absolute atomic E-state index is 0.0916. The molecule has 0 saturated carbocycles. The first kappa shape index (κ1) is 15.4. The summed E-state index contributed by atoms with van der Waals surface area (Å²) in [6.45, 7) is 0. The largest absolute Gasteiger partial charge is 0.505 e. The molecule has 0 aliphatic heterocycles. The average molecular weight is 354 g/mol. The van der Waals surface area contributed by atoms with Crippen LogP contribution >= 0.6 is 11.6 Å². The summed E-state index contributed by atoms with van der Waals surface area (Å²) in [5.74, 6) is -0.959. The molecule has 0 fully saturated rings. The molecule has 124 valence electrons. The van der Waals surface area contributed by atoms with Crippen LogP contribution in [0.3, 0.4) is 0 Å². The summed E-state index contributed by atoms with van der Waals surface area (Å²) in [6, 6.07) is 13.1. The topological polar surface area (TPSA) is 76.7 Å². The number of benzene rings is 2. The first-order valence-electron chi connectivity index (χ1n) is 7.44. The number of hydrogen-bond donors (Lipinski definition) is 1. The molecule has 0 aliphatic rings. The Hall–Kier alpha value is -3.12. The minimum atomic E-state index is -0.710. The molecule has 0 radical (unpaired) electrons. The second kappa shape index (κ2) is 5.75. The van der Waals surface area contributed by atoms with Gasteiger partial charge in [0, 0.05) is 16.3 Å². The number of hydrogen-bond acceptors (Lipinski definition) is 5. The van der Waals surface area contributed by atoms with E-state index in [-0.39, 0.29) is 11.4 Å². The van der Waals surface area contributed by atoms with Crippen molar-refractivity contribution < 1.29 is 14.6 Å². The molecular weight excluding hydrogens is 342 g/mol. The number of esters is 1. The highest BCUT2D eigenvalue weighted by Gasteiger charge is 2.24. The summed E-state index contributed by atoms with van der Waals surface area (Å²) in [6.07, 6.45) is 1.30. The molecule has 6 nitrogen and oxygen atoms in total. The molecule has 0 bridgehead atoms. The maximum absolute atomic E-state index is 12.1. The number of nitrogens with zero attached hydrogens (tertiary/aromatic N) is 3. The van der Waals surface area contributed by atoms with Gasteiger partial charge in [0.2, 0.25) is 0 Å². The molecule has 7 heteroatoms. The number of fused-ring (bicyclic) bond motifs is 3. The molecule has 0 atom stereocenters. The third-order valence-electron chi connectivity index (χ3n) is 4.07. The van der Waals surface area contributed by atoms with Crippen LogP contribution in [0.2, 0.25) is 5.02 Å². The molecule has 4 rings (SSSR count). The van der Waals surface area contributed by atoms with Gasteiger partial charge in [-0.2, -0.15) is 5.10 Å². The molecule has 25 heavy (non-hydrogen) atoms. The SMILES string of the molecule is COC(=O)c1c(O)c2ccc(-c3ccccc3)c(Cl)c2c2ncnn12. The minimum Gasteiger partial charge on any atom is -0.505 e. The van der Waals surface area contributed by atoms with Crippen LogP contribution in [0.15, 0.2) is 48.8 Å². The molecule has 0 spiro atoms. The smallest absolute Gasteiger partial charge is 0.360 e. The van der Waals surface area contributed by atoms with Crippen LogP contribution in [0.5, 0.6) is 5.75 Å². The lowest BCUT2D eigenvalue weighted by molar-refractivity contribution is 0.0587. The van der Waals surface area contributed by atoms with Crippen molar-refractivity contribution in [1.82, 2.24) is 14.6 Å². The van der Waals surface area contributed by atoms with Crippen molar-refractivity contribution in [2.24, 2.45) is 0 Å². The van der Waals surface area contributed by atoms with Crippen LogP contribution in [0.4, 0.5) is 0 Å². The van der Waals surface area contributed by atoms with Gasteiger partial charge >= 0.3 is 5.97 Å². The van der Waals surface area contributed by atoms with Crippen molar-refractivity contribution in [3.8, 4) is 16.9 Å². The van der Waals surface area contributed by atoms with Gasteiger partial charge in [0.25, 0.3) is 0 Å². The van der Waals surface area contributed by atoms with Crippen LogP contribution in [0.25, 0.3) is 27.5 Å². The second-order valence-electron chi connectivity index (χ2n) is 5.40. The zero-order valence-corrected chi connectivity index (χ0v) is 13.9. The number of carbonyl (C=O) groups is 1. The zero-order chi connectivity index (χ0) is 17.6. The third-order valence-corrected chi connectivity index (χ3v) is 4.46. The predicted octanol–water partition coefficient (Wildman–Crippen LogP) is 3.70. The fourth-order valence-corrected chi connectivity index (χ4v) is 3.27. The van der Waals surface area contributed by atoms with Gasteiger partial charge in [0.05, 0.1) is 12.1 Å². The monoisotopic (exact) mass is 353 g/mol. The number of methoxy groups -OCH3 is 1. The first-order chi connectivity index (χ1) is 12.1. The van der Waals surface area contributed by atoms with Gasteiger partial charge in [-0.05, 0) is 11.6 Å². The van der Waals surface area contributed by atoms with Crippen LogP contribution in [-0.4, -0.2) is 32.8 Å². The van der Waals surface area contributed by atoms with Gasteiger partial charge in [0.1, 0.15) is 6.33 Å². The van der Waals surface area contributed by atoms with Crippen LogP contribution in [-0.2, 0) is 4.74 Å². The van der Waals surface area contributed by atoms with Gasteiger partial charge in [-0.1, -0.05) is 48.0 Å². The maximum Gasteiger partial charge on any atom is 0.360 e. The molecule has 0 aliphatic carbocycles. The van der Waals surface area contributed by atoms with E-state index in [0.717, 1.165) is 11.1 Å². The van der Waals surface area contributed by atoms with Crippen LogP contribution in [0.1, 0.15) is 10.5 Å². The number of aromatic nitrogens is 3. The lowest BCUT2D eigenvalue weighted by Gasteiger charge is -2.13. The molecule has 2 heterocycles. The first-order valence-corrected chi connectivity index (χ1v) is 7.82. The summed E-state index contributed by atoms with van der Waals surface area (Å²) < 4.78 is 5.99. The normalized spacial score (nSPS) is 11.1. The summed E-state index contributed by atoms with van der Waals surface area (Å²) in [7, 11) is 1.24. The van der Waals surface area contributed by atoms with Gasteiger partial charge < -0.3 is 9.84 Å². The predicted molar refractivity (Wildman–Crippen MR) is 93.9 cm³/mol. The molecule has 0 unspecified atom stereocenters. The Morgan fingerprint density at radius 2 is 1.96 bits per heavy atom. The second-order valence-corrected chi connectivity index (χ2v) is 5.78. The summed E-state index contributed by atoms with van der Waals surface area (Å²) in [4.78, 5) is 16.3. The Morgan fingerprint density at radius 3 is 2.68 bits per heavy atom. The van der Waals surface area contributed by atoms with Gasteiger partial charge in [0.15, 0.2) is 17.1 Å². The van der Waals surface area contributed by atoms with Crippen molar-refractivity contribution in [1.29, 1.82) is 0 Å². The fourth-order valence-electron chi connectivity index (χ4n) is 2.92. The van der Waals surface area contributed by atoms with Crippen LogP contribution in [0, 0.1) is 0 Å². The highest BCUT2D eigenvalue weighted by Crippen LogP contribution is 2.40. The number of pyridine rings is 1. The van der Waals surface area contributed by atoms with E-state index in [1.807, 2.05) is 30.3 Å². The Bertz CT molecular complexity index is 1120. The Labute approximate surface area is 147 Å². The molecule has 2 aromatic heterocycles. The Kier molecular flexibility index (Phi) is 3.54. The van der Waals surface area contributed by atoms with E-state index < -0.39 is 5.97 Å². The van der Waals surface area contributed by atoms with E-state index in [1.165, 1.54) is 18.0 Å². The quantitative estimate of drug-likeness (QED) is 0.556. The molecule has 0 amide bonds. The van der Waals surface area contributed by atoms with Crippen molar-refractivity contribution >= 4 is 34.0 Å². The van der Waals surface area contributed by atoms with Crippen LogP contribution < -0.4 is 0 Å². The van der Waals surface area contributed by atoms with Crippen molar-refractivity contribution in [2.75, 3.05) is 7.11 Å². The van der Waals surface area contributed by atoms with E-state index in [0.29, 0.717) is 21.4 Å². The number of aromatic hydroxyl groups is 1. The Morgan fingerprint density at radius 1 is 1.20 bits per heavy atom. The van der Waals surface area contributed by atoms with E-state index in [9.17, 15) is 9.90 Å². The average Bonchev–Trinajstić information content (AvgIpc) is 3.11. The molecule has 1 N–H and O–H groups in total. The number of halogens is 1. The lowest BCUT2D eigenvalue weighted by Crippen LogP contribution is -2.10. The highest BCUT2D eigenvalue weighted by atomic mass is 35.5. The molecule has 2 aromatic carbocycles.